The van der Waals surface area contributed by atoms with E-state index in [0.717, 1.165) is 33.7 Å². The summed E-state index contributed by atoms with van der Waals surface area (Å²) < 4.78 is 20.8. The maximum absolute atomic E-state index is 15.5. The van der Waals surface area contributed by atoms with E-state index in [0.29, 0.717) is 29.9 Å². The van der Waals surface area contributed by atoms with Gasteiger partial charge in [-0.2, -0.15) is 0 Å². The molecule has 4 heteroatoms. The minimum atomic E-state index is -0.437. The predicted octanol–water partition coefficient (Wildman–Crippen LogP) is 7.65. The Balaban J connectivity index is 1.55. The molecule has 0 aromatic heterocycles. The lowest BCUT2D eigenvalue weighted by Crippen LogP contribution is -2.10. The van der Waals surface area contributed by atoms with E-state index in [1.165, 1.54) is 31.2 Å². The van der Waals surface area contributed by atoms with Crippen LogP contribution in [0.1, 0.15) is 62.1 Å². The van der Waals surface area contributed by atoms with Gasteiger partial charge in [-0.3, -0.25) is 0 Å². The molecule has 1 saturated carbocycles. The van der Waals surface area contributed by atoms with Crippen molar-refractivity contribution in [2.24, 2.45) is 5.92 Å². The van der Waals surface area contributed by atoms with Crippen molar-refractivity contribution in [2.75, 3.05) is 13.2 Å². The number of halogens is 1. The van der Waals surface area contributed by atoms with Gasteiger partial charge in [0.15, 0.2) is 0 Å². The lowest BCUT2D eigenvalue weighted by atomic mass is 9.79. The molecule has 194 valence electrons. The summed E-state index contributed by atoms with van der Waals surface area (Å²) in [6.45, 7) is 7.76. The molecule has 0 atom stereocenters. The van der Waals surface area contributed by atoms with Crippen LogP contribution in [0.25, 0.3) is 22.3 Å². The smallest absolute Gasteiger partial charge is 0.333 e. The molecular formula is C33H37FO3. The van der Waals surface area contributed by atoms with E-state index in [1.807, 2.05) is 30.3 Å². The van der Waals surface area contributed by atoms with E-state index >= 15 is 4.39 Å². The second-order valence-corrected chi connectivity index (χ2v) is 10.4. The van der Waals surface area contributed by atoms with Crippen LogP contribution in [0, 0.1) is 11.7 Å². The fourth-order valence-electron chi connectivity index (χ4n) is 5.23. The van der Waals surface area contributed by atoms with Crippen molar-refractivity contribution in [3.63, 3.8) is 0 Å². The van der Waals surface area contributed by atoms with E-state index in [4.69, 9.17) is 4.74 Å². The molecule has 0 unspecified atom stereocenters. The zero-order valence-corrected chi connectivity index (χ0v) is 21.9. The number of aliphatic hydroxyl groups is 1. The third kappa shape index (κ3) is 6.75. The third-order valence-electron chi connectivity index (χ3n) is 7.51. The highest BCUT2D eigenvalue weighted by Crippen LogP contribution is 2.37. The molecule has 4 rings (SSSR count). The summed E-state index contributed by atoms with van der Waals surface area (Å²) in [5, 5.41) is 9.35. The van der Waals surface area contributed by atoms with Crippen LogP contribution in [0.15, 0.2) is 72.8 Å². The summed E-state index contributed by atoms with van der Waals surface area (Å²) in [6.07, 6.45) is 6.02. The fraction of sp³-hybridized carbons (Fsp3) is 0.364. The van der Waals surface area contributed by atoms with E-state index < -0.39 is 5.97 Å². The molecule has 1 N–H and O–H groups in total. The molecule has 0 radical (unpaired) electrons. The van der Waals surface area contributed by atoms with Crippen LogP contribution in [0.3, 0.4) is 0 Å². The summed E-state index contributed by atoms with van der Waals surface area (Å²) in [7, 11) is 0. The van der Waals surface area contributed by atoms with Crippen molar-refractivity contribution in [3.8, 4) is 22.3 Å². The molecule has 3 nitrogen and oxygen atoms in total. The highest BCUT2D eigenvalue weighted by Gasteiger charge is 2.20. The Morgan fingerprint density at radius 3 is 2.27 bits per heavy atom. The highest BCUT2D eigenvalue weighted by atomic mass is 19.1. The van der Waals surface area contributed by atoms with Gasteiger partial charge < -0.3 is 9.84 Å². The lowest BCUT2D eigenvalue weighted by molar-refractivity contribution is -0.138. The molecule has 0 heterocycles. The molecule has 0 bridgehead atoms. The topological polar surface area (TPSA) is 46.5 Å². The Morgan fingerprint density at radius 2 is 1.62 bits per heavy atom. The van der Waals surface area contributed by atoms with Gasteiger partial charge in [-0.25, -0.2) is 9.18 Å². The molecule has 3 aromatic rings. The lowest BCUT2D eigenvalue weighted by Gasteiger charge is -2.26. The first-order valence-electron chi connectivity index (χ1n) is 13.3. The normalized spacial score (nSPS) is 17.4. The molecule has 1 fully saturated rings. The van der Waals surface area contributed by atoms with Gasteiger partial charge in [0.2, 0.25) is 0 Å². The number of hydrogen-bond donors (Lipinski definition) is 1. The summed E-state index contributed by atoms with van der Waals surface area (Å²) >= 11 is 0. The van der Waals surface area contributed by atoms with Crippen LogP contribution in [0.2, 0.25) is 0 Å². The van der Waals surface area contributed by atoms with E-state index in [1.54, 1.807) is 13.0 Å². The van der Waals surface area contributed by atoms with Crippen LogP contribution in [0.5, 0.6) is 0 Å². The summed E-state index contributed by atoms with van der Waals surface area (Å²) in [4.78, 5) is 11.8. The molecule has 0 spiro atoms. The highest BCUT2D eigenvalue weighted by molar-refractivity contribution is 5.87. The Morgan fingerprint density at radius 1 is 0.946 bits per heavy atom. The van der Waals surface area contributed by atoms with Crippen molar-refractivity contribution >= 4 is 5.97 Å². The van der Waals surface area contributed by atoms with Gasteiger partial charge in [-0.15, -0.1) is 0 Å². The van der Waals surface area contributed by atoms with Crippen LogP contribution in [-0.2, 0) is 22.4 Å². The van der Waals surface area contributed by atoms with Crippen molar-refractivity contribution in [3.05, 3.63) is 95.3 Å². The Hall–Kier alpha value is -3.24. The van der Waals surface area contributed by atoms with E-state index in [-0.39, 0.29) is 19.0 Å². The van der Waals surface area contributed by atoms with Crippen molar-refractivity contribution < 1.29 is 19.0 Å². The van der Waals surface area contributed by atoms with E-state index in [2.05, 4.69) is 37.8 Å². The first kappa shape index (κ1) is 26.8. The number of hydrogen-bond acceptors (Lipinski definition) is 3. The Labute approximate surface area is 220 Å². The Kier molecular flexibility index (Phi) is 8.94. The van der Waals surface area contributed by atoms with Crippen LogP contribution >= 0.6 is 0 Å². The van der Waals surface area contributed by atoms with Crippen molar-refractivity contribution in [2.45, 2.75) is 58.3 Å². The number of carbonyl (C=O) groups is 1. The molecule has 1 aliphatic carbocycles. The SMILES string of the molecule is C=C(C)C(=O)OCCc1cc(CCO)ccc1-c1ccc(-c2ccc(C3CCC(C)CC3)cc2)cc1F. The second-order valence-electron chi connectivity index (χ2n) is 10.4. The number of esters is 1. The molecule has 1 aliphatic rings. The standard InChI is InChI=1S/C33H37FO3/c1-22(2)33(36)37-19-17-29-20-24(16-18-35)6-14-30(29)31-15-13-28(21-32(31)34)27-11-9-26(10-12-27)25-7-4-23(3)5-8-25/h6,9-15,20-21,23,25,35H,1,4-5,7-8,16-19H2,2-3H3. The molecular weight excluding hydrogens is 463 g/mol. The average Bonchev–Trinajstić information content (AvgIpc) is 2.90. The van der Waals surface area contributed by atoms with Crippen molar-refractivity contribution in [1.29, 1.82) is 0 Å². The molecule has 37 heavy (non-hydrogen) atoms. The van der Waals surface area contributed by atoms with Gasteiger partial charge in [0, 0.05) is 24.2 Å². The number of rotatable bonds is 9. The minimum Gasteiger partial charge on any atom is -0.462 e. The van der Waals surface area contributed by atoms with Crippen LogP contribution in [0.4, 0.5) is 4.39 Å². The maximum Gasteiger partial charge on any atom is 0.333 e. The number of ether oxygens (including phenoxy) is 1. The molecule has 3 aromatic carbocycles. The van der Waals surface area contributed by atoms with Crippen molar-refractivity contribution in [1.82, 2.24) is 0 Å². The zero-order valence-electron chi connectivity index (χ0n) is 21.9. The quantitative estimate of drug-likeness (QED) is 0.242. The third-order valence-corrected chi connectivity index (χ3v) is 7.51. The first-order chi connectivity index (χ1) is 17.9. The predicted molar refractivity (Wildman–Crippen MR) is 148 cm³/mol. The van der Waals surface area contributed by atoms with E-state index in [9.17, 15) is 9.90 Å². The number of carbonyl (C=O) groups excluding carboxylic acids is 1. The Bertz CT molecular complexity index is 1240. The molecule has 0 saturated heterocycles. The zero-order chi connectivity index (χ0) is 26.4. The van der Waals surface area contributed by atoms with Gasteiger partial charge in [-0.1, -0.05) is 80.9 Å². The van der Waals surface area contributed by atoms with Gasteiger partial charge >= 0.3 is 5.97 Å². The number of benzene rings is 3. The fourth-order valence-corrected chi connectivity index (χ4v) is 5.23. The van der Waals surface area contributed by atoms with Gasteiger partial charge in [0.1, 0.15) is 5.82 Å². The molecule has 0 aliphatic heterocycles. The minimum absolute atomic E-state index is 0.0329. The monoisotopic (exact) mass is 500 g/mol. The summed E-state index contributed by atoms with van der Waals surface area (Å²) in [6, 6.07) is 19.7. The average molecular weight is 501 g/mol. The second kappa shape index (κ2) is 12.3. The van der Waals surface area contributed by atoms with Gasteiger partial charge in [0.25, 0.3) is 0 Å². The number of aliphatic hydroxyl groups excluding tert-OH is 1. The largest absolute Gasteiger partial charge is 0.462 e. The van der Waals surface area contributed by atoms with Gasteiger partial charge in [-0.05, 0) is 77.5 Å². The maximum atomic E-state index is 15.5. The van der Waals surface area contributed by atoms with Crippen LogP contribution in [-0.4, -0.2) is 24.3 Å². The van der Waals surface area contributed by atoms with Gasteiger partial charge in [0.05, 0.1) is 6.61 Å². The molecule has 0 amide bonds. The first-order valence-corrected chi connectivity index (χ1v) is 13.3. The van der Waals surface area contributed by atoms with Crippen LogP contribution < -0.4 is 0 Å². The summed E-state index contributed by atoms with van der Waals surface area (Å²) in [5.41, 5.74) is 6.68. The summed E-state index contributed by atoms with van der Waals surface area (Å²) in [5.74, 6) is 0.728.